The maximum absolute atomic E-state index is 11.7. The zero-order valence-electron chi connectivity index (χ0n) is 10.3. The van der Waals surface area contributed by atoms with Crippen molar-refractivity contribution in [2.24, 2.45) is 5.73 Å². The maximum atomic E-state index is 11.7. The van der Waals surface area contributed by atoms with E-state index in [4.69, 9.17) is 10.5 Å². The summed E-state index contributed by atoms with van der Waals surface area (Å²) in [6.07, 6.45) is 3.01. The molecule has 1 heterocycles. The molecule has 0 saturated carbocycles. The van der Waals surface area contributed by atoms with Crippen molar-refractivity contribution in [2.45, 2.75) is 25.8 Å². The molecule has 0 fully saturated rings. The number of anilines is 1. The molecule has 5 nitrogen and oxygen atoms in total. The van der Waals surface area contributed by atoms with Crippen LogP contribution in [0.15, 0.2) is 18.3 Å². The van der Waals surface area contributed by atoms with Gasteiger partial charge in [0.25, 0.3) is 0 Å². The highest BCUT2D eigenvalue weighted by Crippen LogP contribution is 2.09. The van der Waals surface area contributed by atoms with Gasteiger partial charge in [-0.3, -0.25) is 4.79 Å². The molecule has 1 aromatic heterocycles. The van der Waals surface area contributed by atoms with Crippen LogP contribution >= 0.6 is 0 Å². The maximum Gasteiger partial charge on any atom is 0.242 e. The molecule has 0 spiro atoms. The Morgan fingerprint density at radius 2 is 2.41 bits per heavy atom. The van der Waals surface area contributed by atoms with Gasteiger partial charge in [0, 0.05) is 19.9 Å². The fourth-order valence-electron chi connectivity index (χ4n) is 1.40. The zero-order chi connectivity index (χ0) is 12.7. The number of carbonyl (C=O) groups is 1. The number of amides is 1. The second kappa shape index (κ2) is 6.98. The number of carbonyl (C=O) groups excluding carboxylic acids is 1. The van der Waals surface area contributed by atoms with E-state index in [2.05, 4.69) is 10.3 Å². The van der Waals surface area contributed by atoms with Crippen molar-refractivity contribution in [3.63, 3.8) is 0 Å². The van der Waals surface area contributed by atoms with E-state index >= 15 is 0 Å². The molecule has 0 aliphatic carbocycles. The van der Waals surface area contributed by atoms with Crippen LogP contribution in [0.5, 0.6) is 0 Å². The minimum Gasteiger partial charge on any atom is -0.385 e. The molecule has 0 aliphatic rings. The Labute approximate surface area is 101 Å². The lowest BCUT2D eigenvalue weighted by Crippen LogP contribution is -2.36. The molecule has 94 valence electrons. The predicted molar refractivity (Wildman–Crippen MR) is 66.7 cm³/mol. The summed E-state index contributed by atoms with van der Waals surface area (Å²) in [7, 11) is 1.63. The topological polar surface area (TPSA) is 77.2 Å². The Balaban J connectivity index is 2.46. The van der Waals surface area contributed by atoms with Gasteiger partial charge < -0.3 is 15.8 Å². The number of aromatic nitrogens is 1. The number of nitrogens with one attached hydrogen (secondary N) is 1. The number of rotatable bonds is 6. The quantitative estimate of drug-likeness (QED) is 0.726. The minimum atomic E-state index is -0.522. The molecular formula is C12H19N3O2. The van der Waals surface area contributed by atoms with Crippen LogP contribution in [0.3, 0.4) is 0 Å². The van der Waals surface area contributed by atoms with E-state index in [9.17, 15) is 4.79 Å². The average molecular weight is 237 g/mol. The van der Waals surface area contributed by atoms with Gasteiger partial charge in [-0.1, -0.05) is 6.07 Å². The molecule has 17 heavy (non-hydrogen) atoms. The molecule has 0 aliphatic heterocycles. The second-order valence-electron chi connectivity index (χ2n) is 3.90. The Bertz CT molecular complexity index is 369. The van der Waals surface area contributed by atoms with Gasteiger partial charge in [0.15, 0.2) is 0 Å². The zero-order valence-corrected chi connectivity index (χ0v) is 10.3. The number of aryl methyl sites for hydroxylation is 1. The summed E-state index contributed by atoms with van der Waals surface area (Å²) in [5, 5.41) is 2.72. The highest BCUT2D eigenvalue weighted by atomic mass is 16.5. The van der Waals surface area contributed by atoms with Crippen LogP contribution in [0.2, 0.25) is 0 Å². The number of pyridine rings is 1. The summed E-state index contributed by atoms with van der Waals surface area (Å²) < 4.78 is 4.91. The predicted octanol–water partition coefficient (Wildman–Crippen LogP) is 1.08. The second-order valence-corrected chi connectivity index (χ2v) is 3.90. The summed E-state index contributed by atoms with van der Waals surface area (Å²) in [6, 6.07) is 3.19. The van der Waals surface area contributed by atoms with E-state index < -0.39 is 6.04 Å². The fraction of sp³-hybridized carbons (Fsp3) is 0.500. The molecule has 1 amide bonds. The summed E-state index contributed by atoms with van der Waals surface area (Å²) in [6.45, 7) is 2.50. The van der Waals surface area contributed by atoms with Crippen molar-refractivity contribution in [2.75, 3.05) is 19.0 Å². The van der Waals surface area contributed by atoms with Gasteiger partial charge in [0.1, 0.15) is 5.82 Å². The summed E-state index contributed by atoms with van der Waals surface area (Å²) in [5.74, 6) is 0.364. The molecule has 1 aromatic rings. The van der Waals surface area contributed by atoms with Gasteiger partial charge >= 0.3 is 0 Å². The lowest BCUT2D eigenvalue weighted by molar-refractivity contribution is -0.117. The summed E-state index contributed by atoms with van der Waals surface area (Å²) >= 11 is 0. The normalized spacial score (nSPS) is 12.2. The summed E-state index contributed by atoms with van der Waals surface area (Å²) in [4.78, 5) is 15.8. The van der Waals surface area contributed by atoms with Crippen molar-refractivity contribution in [3.8, 4) is 0 Å². The fourth-order valence-corrected chi connectivity index (χ4v) is 1.40. The third-order valence-electron chi connectivity index (χ3n) is 2.45. The molecule has 0 radical (unpaired) electrons. The average Bonchev–Trinajstić information content (AvgIpc) is 2.32. The first kappa shape index (κ1) is 13.6. The Morgan fingerprint density at radius 1 is 1.65 bits per heavy atom. The standard InChI is InChI=1S/C12H19N3O2/c1-9-5-3-7-14-11(9)15-12(16)10(13)6-4-8-17-2/h3,5,7,10H,4,6,8,13H2,1-2H3,(H,14,15,16). The van der Waals surface area contributed by atoms with E-state index in [0.717, 1.165) is 12.0 Å². The Kier molecular flexibility index (Phi) is 5.59. The third-order valence-corrected chi connectivity index (χ3v) is 2.45. The van der Waals surface area contributed by atoms with Gasteiger partial charge in [0.2, 0.25) is 5.91 Å². The van der Waals surface area contributed by atoms with Gasteiger partial charge in [-0.05, 0) is 31.4 Å². The number of hydrogen-bond donors (Lipinski definition) is 2. The van der Waals surface area contributed by atoms with Crippen LogP contribution < -0.4 is 11.1 Å². The van der Waals surface area contributed by atoms with Crippen molar-refractivity contribution < 1.29 is 9.53 Å². The van der Waals surface area contributed by atoms with Crippen molar-refractivity contribution >= 4 is 11.7 Å². The monoisotopic (exact) mass is 237 g/mol. The first-order chi connectivity index (χ1) is 8.15. The van der Waals surface area contributed by atoms with Crippen LogP contribution in [0.25, 0.3) is 0 Å². The van der Waals surface area contributed by atoms with Crippen LogP contribution in [-0.2, 0) is 9.53 Å². The van der Waals surface area contributed by atoms with Gasteiger partial charge in [-0.2, -0.15) is 0 Å². The minimum absolute atomic E-state index is 0.206. The first-order valence-corrected chi connectivity index (χ1v) is 5.62. The van der Waals surface area contributed by atoms with Crippen LogP contribution in [0, 0.1) is 6.92 Å². The number of hydrogen-bond acceptors (Lipinski definition) is 4. The van der Waals surface area contributed by atoms with Gasteiger partial charge in [0.05, 0.1) is 6.04 Å². The van der Waals surface area contributed by atoms with Gasteiger partial charge in [-0.25, -0.2) is 4.98 Å². The number of ether oxygens (including phenoxy) is 1. The van der Waals surface area contributed by atoms with Gasteiger partial charge in [-0.15, -0.1) is 0 Å². The van der Waals surface area contributed by atoms with E-state index in [0.29, 0.717) is 18.8 Å². The third kappa shape index (κ3) is 4.50. The van der Waals surface area contributed by atoms with Crippen LogP contribution in [0.4, 0.5) is 5.82 Å². The smallest absolute Gasteiger partial charge is 0.242 e. The van der Waals surface area contributed by atoms with Crippen molar-refractivity contribution in [3.05, 3.63) is 23.9 Å². The Hall–Kier alpha value is -1.46. The molecule has 0 bridgehead atoms. The molecular weight excluding hydrogens is 218 g/mol. The van der Waals surface area contributed by atoms with E-state index in [1.807, 2.05) is 19.1 Å². The van der Waals surface area contributed by atoms with E-state index in [1.54, 1.807) is 13.3 Å². The SMILES string of the molecule is COCCCC(N)C(=O)Nc1ncccc1C. The van der Waals surface area contributed by atoms with Crippen LogP contribution in [-0.4, -0.2) is 30.6 Å². The number of methoxy groups -OCH3 is 1. The Morgan fingerprint density at radius 3 is 3.06 bits per heavy atom. The van der Waals surface area contributed by atoms with E-state index in [1.165, 1.54) is 0 Å². The molecule has 5 heteroatoms. The molecule has 3 N–H and O–H groups in total. The molecule has 1 atom stereocenters. The highest BCUT2D eigenvalue weighted by Gasteiger charge is 2.14. The van der Waals surface area contributed by atoms with Crippen molar-refractivity contribution in [1.29, 1.82) is 0 Å². The van der Waals surface area contributed by atoms with Crippen molar-refractivity contribution in [1.82, 2.24) is 4.98 Å². The molecule has 1 rings (SSSR count). The molecule has 0 saturated heterocycles. The lowest BCUT2D eigenvalue weighted by Gasteiger charge is -2.12. The lowest BCUT2D eigenvalue weighted by atomic mass is 10.1. The number of nitrogens with zero attached hydrogens (tertiary/aromatic N) is 1. The van der Waals surface area contributed by atoms with E-state index in [-0.39, 0.29) is 5.91 Å². The first-order valence-electron chi connectivity index (χ1n) is 5.62. The number of nitrogens with two attached hydrogens (primary N) is 1. The largest absolute Gasteiger partial charge is 0.385 e. The summed E-state index contributed by atoms with van der Waals surface area (Å²) in [5.41, 5.74) is 6.68. The molecule has 0 aromatic carbocycles. The van der Waals surface area contributed by atoms with Crippen LogP contribution in [0.1, 0.15) is 18.4 Å². The highest BCUT2D eigenvalue weighted by molar-refractivity contribution is 5.94. The molecule has 1 unspecified atom stereocenters.